The van der Waals surface area contributed by atoms with Crippen LogP contribution in [0.2, 0.25) is 0 Å². The van der Waals surface area contributed by atoms with Gasteiger partial charge in [-0.3, -0.25) is 0 Å². The first-order chi connectivity index (χ1) is 28.6. The second-order valence-electron chi connectivity index (χ2n) is 15.6. The zero-order chi connectivity index (χ0) is 42.1. The van der Waals surface area contributed by atoms with Crippen LogP contribution < -0.4 is 9.80 Å². The Labute approximate surface area is 351 Å². The Balaban J connectivity index is 0.000000149. The number of hydrogen-bond acceptors (Lipinski definition) is 4. The highest BCUT2D eigenvalue weighted by molar-refractivity contribution is 6.25. The quantitative estimate of drug-likeness (QED) is 0.168. The van der Waals surface area contributed by atoms with E-state index >= 15 is 0 Å². The van der Waals surface area contributed by atoms with E-state index in [9.17, 15) is 0 Å². The van der Waals surface area contributed by atoms with Gasteiger partial charge in [0.2, 0.25) is 0 Å². The summed E-state index contributed by atoms with van der Waals surface area (Å²) in [6.45, 7) is 17.1. The second-order valence-corrected chi connectivity index (χ2v) is 15.6. The van der Waals surface area contributed by atoms with Crippen LogP contribution in [0.1, 0.15) is 67.0 Å². The summed E-state index contributed by atoms with van der Waals surface area (Å²) in [5.74, 6) is 0. The monoisotopic (exact) mass is 780 g/mol. The Morgan fingerprint density at radius 3 is 1.12 bits per heavy atom. The van der Waals surface area contributed by atoms with E-state index in [0.29, 0.717) is 0 Å². The molecule has 59 heavy (non-hydrogen) atoms. The van der Waals surface area contributed by atoms with Gasteiger partial charge in [-0.05, 0) is 130 Å². The molecule has 0 aliphatic heterocycles. The highest BCUT2D eigenvalue weighted by Crippen LogP contribution is 2.40. The van der Waals surface area contributed by atoms with Crippen molar-refractivity contribution in [2.45, 2.75) is 74.7 Å². The Kier molecular flexibility index (Phi) is 14.0. The molecule has 0 N–H and O–H groups in total. The van der Waals surface area contributed by atoms with Crippen molar-refractivity contribution in [3.8, 4) is 0 Å². The van der Waals surface area contributed by atoms with Gasteiger partial charge in [0.05, 0.1) is 0 Å². The number of nitrogens with zero attached hydrogens (tertiary/aromatic N) is 2. The predicted octanol–water partition coefficient (Wildman–Crippen LogP) is 16.3. The van der Waals surface area contributed by atoms with E-state index in [1.165, 1.54) is 84.1 Å². The maximum absolute atomic E-state index is 6.10. The Bertz CT molecular complexity index is 2600. The van der Waals surface area contributed by atoms with Gasteiger partial charge in [-0.1, -0.05) is 124 Å². The molecule has 0 atom stereocenters. The topological polar surface area (TPSA) is 32.8 Å². The fourth-order valence-electron chi connectivity index (χ4n) is 7.76. The van der Waals surface area contributed by atoms with E-state index in [1.54, 1.807) is 0 Å². The van der Waals surface area contributed by atoms with Crippen LogP contribution in [0.3, 0.4) is 0 Å². The normalized spacial score (nSPS) is 10.7. The van der Waals surface area contributed by atoms with Crippen LogP contribution in [0.4, 0.5) is 22.7 Å². The first-order valence-corrected chi connectivity index (χ1v) is 21.0. The van der Waals surface area contributed by atoms with E-state index in [-0.39, 0.29) is 0 Å². The summed E-state index contributed by atoms with van der Waals surface area (Å²) in [6, 6.07) is 50.7. The van der Waals surface area contributed by atoms with Gasteiger partial charge >= 0.3 is 0 Å². The molecule has 2 heterocycles. The van der Waals surface area contributed by atoms with Gasteiger partial charge in [-0.2, -0.15) is 0 Å². The molecule has 0 saturated carbocycles. The van der Waals surface area contributed by atoms with E-state index < -0.39 is 0 Å². The summed E-state index contributed by atoms with van der Waals surface area (Å²) < 4.78 is 12.2. The summed E-state index contributed by atoms with van der Waals surface area (Å²) in [4.78, 5) is 4.48. The number of benzene rings is 7. The van der Waals surface area contributed by atoms with E-state index in [2.05, 4.69) is 213 Å². The summed E-state index contributed by atoms with van der Waals surface area (Å²) in [7, 11) is 4.23. The predicted molar refractivity (Wildman–Crippen MR) is 257 cm³/mol. The minimum absolute atomic E-state index is 0.923. The number of hydrogen-bond donors (Lipinski definition) is 0. The lowest BCUT2D eigenvalue weighted by molar-refractivity contribution is 0.662. The molecule has 2 aromatic heterocycles. The van der Waals surface area contributed by atoms with Crippen LogP contribution in [-0.4, -0.2) is 14.1 Å². The third-order valence-corrected chi connectivity index (χ3v) is 10.7. The van der Waals surface area contributed by atoms with E-state index in [4.69, 9.17) is 8.83 Å². The highest BCUT2D eigenvalue weighted by atomic mass is 16.3. The average Bonchev–Trinajstić information content (AvgIpc) is 3.79. The van der Waals surface area contributed by atoms with Crippen LogP contribution >= 0.6 is 0 Å². The molecular formula is C55H60N2O2. The summed E-state index contributed by atoms with van der Waals surface area (Å²) in [6.07, 6.45) is 3.48. The molecule has 0 aliphatic rings. The van der Waals surface area contributed by atoms with E-state index in [1.807, 2.05) is 12.1 Å². The number of aryl methyl sites for hydroxylation is 6. The summed E-state index contributed by atoms with van der Waals surface area (Å²) in [5, 5.41) is 4.69. The SMILES string of the molecule is CCC.CCCc1ccc2oc3ccc4oc5ccc(C)cc5c4c3c2c1.Cc1ccccc1N(C)c1ccccc1C.Cc1ccccc1N(C)c1ccccc1C. The van der Waals surface area contributed by atoms with Gasteiger partial charge in [-0.15, -0.1) is 0 Å². The average molecular weight is 781 g/mol. The number of rotatable bonds is 6. The molecule has 0 saturated heterocycles. The molecule has 7 aromatic carbocycles. The minimum Gasteiger partial charge on any atom is -0.456 e. The van der Waals surface area contributed by atoms with Gasteiger partial charge in [0, 0.05) is 58.4 Å². The standard InChI is InChI=1S/C22H18O2.2C15H17N.C3H8/c1-3-4-14-6-8-18-16(12-14)22-20(24-18)10-9-19-21(22)15-11-13(2)5-7-17(15)23-19;2*1-12-8-4-6-10-14(12)16(3)15-11-7-5-9-13(15)2;1-3-2/h5-12H,3-4H2,1-2H3;2*4-11H,1-3H3;3H2,1-2H3. The van der Waals surface area contributed by atoms with Crippen molar-refractivity contribution in [1.29, 1.82) is 0 Å². The number of anilines is 4. The summed E-state index contributed by atoms with van der Waals surface area (Å²) >= 11 is 0. The first kappa shape index (κ1) is 42.3. The molecule has 9 rings (SSSR count). The van der Waals surface area contributed by atoms with Crippen molar-refractivity contribution in [3.63, 3.8) is 0 Å². The summed E-state index contributed by atoms with van der Waals surface area (Å²) in [5.41, 5.74) is 16.6. The highest BCUT2D eigenvalue weighted by Gasteiger charge is 2.17. The van der Waals surface area contributed by atoms with Crippen LogP contribution in [0.25, 0.3) is 43.9 Å². The molecule has 4 nitrogen and oxygen atoms in total. The lowest BCUT2D eigenvalue weighted by Gasteiger charge is -2.23. The van der Waals surface area contributed by atoms with Crippen molar-refractivity contribution in [2.24, 2.45) is 0 Å². The zero-order valence-electron chi connectivity index (χ0n) is 36.7. The molecular weight excluding hydrogens is 721 g/mol. The van der Waals surface area contributed by atoms with Crippen molar-refractivity contribution in [1.82, 2.24) is 0 Å². The lowest BCUT2D eigenvalue weighted by atomic mass is 10.0. The zero-order valence-corrected chi connectivity index (χ0v) is 36.7. The van der Waals surface area contributed by atoms with Crippen molar-refractivity contribution < 1.29 is 8.83 Å². The van der Waals surface area contributed by atoms with Gasteiger partial charge in [0.25, 0.3) is 0 Å². The maximum atomic E-state index is 6.10. The Morgan fingerprint density at radius 2 is 0.746 bits per heavy atom. The molecule has 302 valence electrons. The number of furan rings is 2. The van der Waals surface area contributed by atoms with Gasteiger partial charge in [-0.25, -0.2) is 0 Å². The maximum Gasteiger partial charge on any atom is 0.136 e. The molecule has 4 heteroatoms. The van der Waals surface area contributed by atoms with Gasteiger partial charge < -0.3 is 18.6 Å². The van der Waals surface area contributed by atoms with E-state index in [0.717, 1.165) is 35.2 Å². The molecule has 0 radical (unpaired) electrons. The Morgan fingerprint density at radius 1 is 0.407 bits per heavy atom. The Hall–Kier alpha value is -6.26. The lowest BCUT2D eigenvalue weighted by Crippen LogP contribution is -2.11. The van der Waals surface area contributed by atoms with Gasteiger partial charge in [0.15, 0.2) is 0 Å². The molecule has 0 unspecified atom stereocenters. The van der Waals surface area contributed by atoms with Crippen LogP contribution in [0.15, 0.2) is 154 Å². The molecule has 0 fully saturated rings. The third-order valence-electron chi connectivity index (χ3n) is 10.7. The van der Waals surface area contributed by atoms with Crippen LogP contribution in [0, 0.1) is 34.6 Å². The van der Waals surface area contributed by atoms with Crippen LogP contribution in [0.5, 0.6) is 0 Å². The largest absolute Gasteiger partial charge is 0.456 e. The smallest absolute Gasteiger partial charge is 0.136 e. The molecule has 0 bridgehead atoms. The fraction of sp³-hybridized carbons (Fsp3) is 0.236. The minimum atomic E-state index is 0.923. The fourth-order valence-corrected chi connectivity index (χ4v) is 7.76. The van der Waals surface area contributed by atoms with Crippen molar-refractivity contribution >= 4 is 66.6 Å². The number of fused-ring (bicyclic) bond motifs is 7. The van der Waals surface area contributed by atoms with Crippen molar-refractivity contribution in [3.05, 3.63) is 179 Å². The second kappa shape index (κ2) is 19.5. The first-order valence-electron chi connectivity index (χ1n) is 21.0. The molecule has 0 aliphatic carbocycles. The van der Waals surface area contributed by atoms with Crippen LogP contribution in [-0.2, 0) is 6.42 Å². The third kappa shape index (κ3) is 9.56. The number of para-hydroxylation sites is 4. The molecule has 0 spiro atoms. The molecule has 0 amide bonds. The van der Waals surface area contributed by atoms with Gasteiger partial charge in [0.1, 0.15) is 22.3 Å². The van der Waals surface area contributed by atoms with Crippen molar-refractivity contribution in [2.75, 3.05) is 23.9 Å². The molecule has 9 aromatic rings.